The highest BCUT2D eigenvalue weighted by molar-refractivity contribution is 5.99. The number of hydrogen-bond acceptors (Lipinski definition) is 6. The van der Waals surface area contributed by atoms with Crippen LogP contribution in [0.2, 0.25) is 0 Å². The fourth-order valence-corrected chi connectivity index (χ4v) is 4.59. The van der Waals surface area contributed by atoms with E-state index in [2.05, 4.69) is 31.2 Å². The monoisotopic (exact) mass is 411 g/mol. The first kappa shape index (κ1) is 18.1. The summed E-state index contributed by atoms with van der Waals surface area (Å²) in [6.45, 7) is 0. The Morgan fingerprint density at radius 2 is 1.84 bits per heavy atom. The average molecular weight is 411 g/mol. The highest BCUT2D eigenvalue weighted by Crippen LogP contribution is 2.35. The van der Waals surface area contributed by atoms with Crippen molar-refractivity contribution >= 4 is 21.8 Å². The molecule has 0 amide bonds. The zero-order valence-corrected chi connectivity index (χ0v) is 17.2. The highest BCUT2D eigenvalue weighted by Gasteiger charge is 2.21. The van der Waals surface area contributed by atoms with Crippen LogP contribution in [0, 0.1) is 0 Å². The minimum atomic E-state index is 0.453. The zero-order chi connectivity index (χ0) is 20.8. The quantitative estimate of drug-likeness (QED) is 0.393. The molecule has 31 heavy (non-hydrogen) atoms. The third-order valence-corrected chi connectivity index (χ3v) is 6.16. The molecular formula is C24H21N5O2. The summed E-state index contributed by atoms with van der Waals surface area (Å²) in [4.78, 5) is 4.67. The van der Waals surface area contributed by atoms with Crippen LogP contribution in [-0.2, 0) is 0 Å². The summed E-state index contributed by atoms with van der Waals surface area (Å²) < 4.78 is 13.2. The Morgan fingerprint density at radius 1 is 1.00 bits per heavy atom. The molecule has 0 aliphatic heterocycles. The summed E-state index contributed by atoms with van der Waals surface area (Å²) in [7, 11) is 1.67. The summed E-state index contributed by atoms with van der Waals surface area (Å²) in [5.41, 5.74) is 3.64. The second kappa shape index (κ2) is 7.19. The molecule has 0 radical (unpaired) electrons. The molecule has 0 N–H and O–H groups in total. The number of hydrogen-bond donors (Lipinski definition) is 0. The second-order valence-electron chi connectivity index (χ2n) is 7.96. The normalized spacial score (nSPS) is 14.6. The van der Waals surface area contributed by atoms with E-state index in [4.69, 9.17) is 9.26 Å². The number of aromatic nitrogens is 5. The molecule has 7 nitrogen and oxygen atoms in total. The van der Waals surface area contributed by atoms with Crippen LogP contribution in [-0.4, -0.2) is 32.2 Å². The van der Waals surface area contributed by atoms with E-state index in [0.717, 1.165) is 38.7 Å². The molecule has 3 aromatic carbocycles. The van der Waals surface area contributed by atoms with Gasteiger partial charge in [0, 0.05) is 16.5 Å². The van der Waals surface area contributed by atoms with Crippen LogP contribution < -0.4 is 4.74 Å². The molecule has 1 aliphatic carbocycles. The van der Waals surface area contributed by atoms with Gasteiger partial charge in [-0.1, -0.05) is 47.5 Å². The number of methoxy groups -OCH3 is 1. The van der Waals surface area contributed by atoms with Gasteiger partial charge in [-0.2, -0.15) is 4.98 Å². The number of benzene rings is 3. The lowest BCUT2D eigenvalue weighted by molar-refractivity contribution is 0.420. The number of nitrogens with zero attached hydrogens (tertiary/aromatic N) is 5. The molecule has 1 fully saturated rings. The molecule has 0 atom stereocenters. The van der Waals surface area contributed by atoms with Crippen molar-refractivity contribution < 1.29 is 9.26 Å². The van der Waals surface area contributed by atoms with Gasteiger partial charge < -0.3 is 9.26 Å². The molecule has 0 spiro atoms. The summed E-state index contributed by atoms with van der Waals surface area (Å²) in [5, 5.41) is 15.1. The fourth-order valence-electron chi connectivity index (χ4n) is 4.59. The lowest BCUT2D eigenvalue weighted by Crippen LogP contribution is -2.06. The van der Waals surface area contributed by atoms with Crippen LogP contribution in [0.3, 0.4) is 0 Å². The van der Waals surface area contributed by atoms with Crippen molar-refractivity contribution in [1.82, 2.24) is 25.1 Å². The smallest absolute Gasteiger partial charge is 0.258 e. The van der Waals surface area contributed by atoms with Gasteiger partial charge in [0.05, 0.1) is 18.7 Å². The summed E-state index contributed by atoms with van der Waals surface area (Å²) >= 11 is 0. The first-order valence-corrected chi connectivity index (χ1v) is 10.6. The molecule has 2 heterocycles. The predicted molar refractivity (Wildman–Crippen MR) is 118 cm³/mol. The Bertz CT molecular complexity index is 1400. The SMILES string of the molecule is COc1ccc(-c2noc(-c3ccc4c(c3)nnn4C3CCCC3)n2)c2ccccc12. The van der Waals surface area contributed by atoms with E-state index in [1.54, 1.807) is 7.11 Å². The molecule has 0 bridgehead atoms. The fraction of sp³-hybridized carbons (Fsp3) is 0.250. The van der Waals surface area contributed by atoms with E-state index in [-0.39, 0.29) is 0 Å². The molecule has 0 unspecified atom stereocenters. The van der Waals surface area contributed by atoms with Gasteiger partial charge in [0.15, 0.2) is 0 Å². The van der Waals surface area contributed by atoms with Crippen molar-refractivity contribution in [2.45, 2.75) is 31.7 Å². The van der Waals surface area contributed by atoms with Crippen LogP contribution in [0.15, 0.2) is 59.1 Å². The first-order valence-electron chi connectivity index (χ1n) is 10.6. The Kier molecular flexibility index (Phi) is 4.19. The predicted octanol–water partition coefficient (Wildman–Crippen LogP) is 5.43. The number of ether oxygens (including phenoxy) is 1. The van der Waals surface area contributed by atoms with E-state index >= 15 is 0 Å². The van der Waals surface area contributed by atoms with Crippen molar-refractivity contribution in [2.24, 2.45) is 0 Å². The van der Waals surface area contributed by atoms with Crippen LogP contribution in [0.4, 0.5) is 0 Å². The van der Waals surface area contributed by atoms with Gasteiger partial charge >= 0.3 is 0 Å². The third kappa shape index (κ3) is 2.96. The van der Waals surface area contributed by atoms with Gasteiger partial charge in [0.1, 0.15) is 11.3 Å². The minimum Gasteiger partial charge on any atom is -0.496 e. The summed E-state index contributed by atoms with van der Waals surface area (Å²) in [6, 6.07) is 18.4. The van der Waals surface area contributed by atoms with Crippen molar-refractivity contribution in [3.05, 3.63) is 54.6 Å². The topological polar surface area (TPSA) is 78.9 Å². The highest BCUT2D eigenvalue weighted by atomic mass is 16.5. The summed E-state index contributed by atoms with van der Waals surface area (Å²) in [6.07, 6.45) is 4.86. The molecule has 1 aliphatic rings. The largest absolute Gasteiger partial charge is 0.496 e. The maximum absolute atomic E-state index is 5.62. The van der Waals surface area contributed by atoms with Crippen LogP contribution in [0.25, 0.3) is 44.6 Å². The molecule has 7 heteroatoms. The minimum absolute atomic E-state index is 0.453. The molecule has 154 valence electrons. The Hall–Kier alpha value is -3.74. The van der Waals surface area contributed by atoms with Crippen LogP contribution >= 0.6 is 0 Å². The molecule has 6 rings (SSSR count). The van der Waals surface area contributed by atoms with Crippen molar-refractivity contribution in [1.29, 1.82) is 0 Å². The van der Waals surface area contributed by atoms with Gasteiger partial charge in [0.2, 0.25) is 5.82 Å². The molecular weight excluding hydrogens is 390 g/mol. The van der Waals surface area contributed by atoms with E-state index in [9.17, 15) is 0 Å². The number of rotatable bonds is 4. The Morgan fingerprint density at radius 3 is 2.68 bits per heavy atom. The van der Waals surface area contributed by atoms with Crippen LogP contribution in [0.1, 0.15) is 31.7 Å². The van der Waals surface area contributed by atoms with Gasteiger partial charge in [-0.3, -0.25) is 0 Å². The third-order valence-electron chi connectivity index (χ3n) is 6.16. The molecule has 0 saturated heterocycles. The molecule has 1 saturated carbocycles. The Labute approximate surface area is 178 Å². The van der Waals surface area contributed by atoms with Gasteiger partial charge in [0.25, 0.3) is 5.89 Å². The van der Waals surface area contributed by atoms with E-state index in [0.29, 0.717) is 17.8 Å². The van der Waals surface area contributed by atoms with Gasteiger partial charge in [-0.05, 0) is 48.6 Å². The molecule has 5 aromatic rings. The van der Waals surface area contributed by atoms with E-state index in [1.807, 2.05) is 48.5 Å². The van der Waals surface area contributed by atoms with Gasteiger partial charge in [-0.15, -0.1) is 5.10 Å². The van der Waals surface area contributed by atoms with E-state index in [1.165, 1.54) is 25.7 Å². The van der Waals surface area contributed by atoms with Crippen LogP contribution in [0.5, 0.6) is 5.75 Å². The Balaban J connectivity index is 1.39. The summed E-state index contributed by atoms with van der Waals surface area (Å²) in [5.74, 6) is 1.83. The first-order chi connectivity index (χ1) is 15.3. The van der Waals surface area contributed by atoms with Gasteiger partial charge in [-0.25, -0.2) is 4.68 Å². The standard InChI is InChI=1S/C24H21N5O2/c1-30-22-13-11-19(17-8-4-5-9-18(17)22)23-25-24(31-27-23)15-10-12-21-20(14-15)26-28-29(21)16-6-2-3-7-16/h4-5,8-14,16H,2-3,6-7H2,1H3. The average Bonchev–Trinajstić information content (AvgIpc) is 3.58. The lowest BCUT2D eigenvalue weighted by Gasteiger charge is -2.09. The second-order valence-corrected chi connectivity index (χ2v) is 7.96. The van der Waals surface area contributed by atoms with Crippen molar-refractivity contribution in [3.8, 4) is 28.6 Å². The van der Waals surface area contributed by atoms with Crippen molar-refractivity contribution in [3.63, 3.8) is 0 Å². The van der Waals surface area contributed by atoms with E-state index < -0.39 is 0 Å². The maximum Gasteiger partial charge on any atom is 0.258 e. The maximum atomic E-state index is 5.62. The number of fused-ring (bicyclic) bond motifs is 2. The molecule has 2 aromatic heterocycles. The lowest BCUT2D eigenvalue weighted by atomic mass is 10.0. The zero-order valence-electron chi connectivity index (χ0n) is 17.2. The van der Waals surface area contributed by atoms with Crippen molar-refractivity contribution in [2.75, 3.05) is 7.11 Å².